The minimum atomic E-state index is -0.600. The van der Waals surface area contributed by atoms with E-state index in [4.69, 9.17) is 9.47 Å². The highest BCUT2D eigenvalue weighted by Crippen LogP contribution is 2.18. The van der Waals surface area contributed by atoms with Crippen molar-refractivity contribution in [3.8, 4) is 11.5 Å². The van der Waals surface area contributed by atoms with Crippen molar-refractivity contribution in [2.45, 2.75) is 38.9 Å². The van der Waals surface area contributed by atoms with Crippen LogP contribution in [0.4, 0.5) is 11.4 Å². The van der Waals surface area contributed by atoms with Crippen LogP contribution in [0.5, 0.6) is 11.5 Å². The fourth-order valence-electron chi connectivity index (χ4n) is 3.05. The summed E-state index contributed by atoms with van der Waals surface area (Å²) in [6.07, 6.45) is -0.127. The summed E-state index contributed by atoms with van der Waals surface area (Å²) in [5, 5.41) is 5.72. The molecule has 0 aliphatic carbocycles. The molecule has 0 aliphatic heterocycles. The van der Waals surface area contributed by atoms with Crippen LogP contribution in [0.15, 0.2) is 84.9 Å². The minimum Gasteiger partial charge on any atom is -0.481 e. The summed E-state index contributed by atoms with van der Waals surface area (Å²) in [6.45, 7) is 3.79. The highest BCUT2D eigenvalue weighted by atomic mass is 16.5. The Hall–Kier alpha value is -3.80. The number of benzene rings is 3. The maximum atomic E-state index is 12.6. The Bertz CT molecular complexity index is 909. The molecule has 3 aromatic carbocycles. The van der Waals surface area contributed by atoms with E-state index in [1.165, 1.54) is 0 Å². The zero-order chi connectivity index (χ0) is 22.8. The van der Waals surface area contributed by atoms with Gasteiger partial charge in [0.25, 0.3) is 11.8 Å². The number of hydrogen-bond donors (Lipinski definition) is 2. The van der Waals surface area contributed by atoms with Gasteiger partial charge in [-0.1, -0.05) is 50.2 Å². The molecule has 0 saturated heterocycles. The zero-order valence-corrected chi connectivity index (χ0v) is 18.3. The van der Waals surface area contributed by atoms with Gasteiger partial charge in [0.15, 0.2) is 12.2 Å². The van der Waals surface area contributed by atoms with Gasteiger partial charge in [-0.25, -0.2) is 0 Å². The maximum absolute atomic E-state index is 12.6. The van der Waals surface area contributed by atoms with Crippen LogP contribution >= 0.6 is 0 Å². The van der Waals surface area contributed by atoms with Crippen LogP contribution in [0.1, 0.15) is 26.7 Å². The molecule has 2 amide bonds. The second-order valence-electron chi connectivity index (χ2n) is 7.21. The molecule has 166 valence electrons. The molecule has 0 fully saturated rings. The third-order valence-electron chi connectivity index (χ3n) is 4.79. The highest BCUT2D eigenvalue weighted by Gasteiger charge is 2.20. The van der Waals surface area contributed by atoms with Crippen molar-refractivity contribution in [2.24, 2.45) is 0 Å². The van der Waals surface area contributed by atoms with Crippen LogP contribution in [0.3, 0.4) is 0 Å². The van der Waals surface area contributed by atoms with Gasteiger partial charge >= 0.3 is 0 Å². The van der Waals surface area contributed by atoms with Crippen molar-refractivity contribution < 1.29 is 19.1 Å². The van der Waals surface area contributed by atoms with E-state index in [-0.39, 0.29) is 11.8 Å². The van der Waals surface area contributed by atoms with Crippen LogP contribution in [-0.2, 0) is 9.59 Å². The molecule has 6 heteroatoms. The normalized spacial score (nSPS) is 12.3. The molecule has 3 rings (SSSR count). The lowest BCUT2D eigenvalue weighted by molar-refractivity contribution is -0.123. The molecule has 32 heavy (non-hydrogen) atoms. The lowest BCUT2D eigenvalue weighted by atomic mass is 10.2. The standard InChI is InChI=1S/C26H28N2O4/c1-3-23(31-21-11-7-5-8-12-21)25(29)27-19-15-17-20(18-16-19)28-26(30)24(4-2)32-22-13-9-6-10-14-22/h5-18,23-24H,3-4H2,1-2H3,(H,27,29)(H,28,30)/t23-,24-/m0/s1. The lowest BCUT2D eigenvalue weighted by Gasteiger charge is -2.18. The third-order valence-corrected chi connectivity index (χ3v) is 4.79. The molecule has 0 heterocycles. The molecule has 0 aromatic heterocycles. The Morgan fingerprint density at radius 3 is 1.28 bits per heavy atom. The van der Waals surface area contributed by atoms with Gasteiger partial charge in [-0.3, -0.25) is 9.59 Å². The van der Waals surface area contributed by atoms with Gasteiger partial charge in [0.1, 0.15) is 11.5 Å². The van der Waals surface area contributed by atoms with Gasteiger partial charge in [-0.2, -0.15) is 0 Å². The number of carbonyl (C=O) groups excluding carboxylic acids is 2. The van der Waals surface area contributed by atoms with Gasteiger partial charge in [0.2, 0.25) is 0 Å². The largest absolute Gasteiger partial charge is 0.481 e. The first kappa shape index (κ1) is 22.9. The van der Waals surface area contributed by atoms with Crippen molar-refractivity contribution in [1.29, 1.82) is 0 Å². The lowest BCUT2D eigenvalue weighted by Crippen LogP contribution is -2.32. The molecule has 0 bridgehead atoms. The number of rotatable bonds is 10. The topological polar surface area (TPSA) is 76.7 Å². The Morgan fingerprint density at radius 2 is 0.969 bits per heavy atom. The maximum Gasteiger partial charge on any atom is 0.265 e. The quantitative estimate of drug-likeness (QED) is 0.457. The summed E-state index contributed by atoms with van der Waals surface area (Å²) in [4.78, 5) is 25.2. The zero-order valence-electron chi connectivity index (χ0n) is 18.3. The second kappa shape index (κ2) is 11.6. The van der Waals surface area contributed by atoms with Crippen molar-refractivity contribution in [3.05, 3.63) is 84.9 Å². The molecule has 3 aromatic rings. The average molecular weight is 433 g/mol. The Balaban J connectivity index is 1.55. The summed E-state index contributed by atoms with van der Waals surface area (Å²) in [7, 11) is 0. The number of amides is 2. The van der Waals surface area contributed by atoms with E-state index in [2.05, 4.69) is 10.6 Å². The molecule has 2 atom stereocenters. The molecule has 0 saturated carbocycles. The summed E-state index contributed by atoms with van der Waals surface area (Å²) < 4.78 is 11.6. The van der Waals surface area contributed by atoms with E-state index in [1.807, 2.05) is 74.5 Å². The molecule has 2 N–H and O–H groups in total. The van der Waals surface area contributed by atoms with E-state index in [9.17, 15) is 9.59 Å². The van der Waals surface area contributed by atoms with E-state index in [1.54, 1.807) is 24.3 Å². The molecule has 0 aliphatic rings. The monoisotopic (exact) mass is 432 g/mol. The van der Waals surface area contributed by atoms with Crippen molar-refractivity contribution >= 4 is 23.2 Å². The van der Waals surface area contributed by atoms with Crippen LogP contribution in [-0.4, -0.2) is 24.0 Å². The van der Waals surface area contributed by atoms with E-state index in [0.29, 0.717) is 35.7 Å². The van der Waals surface area contributed by atoms with Gasteiger partial charge in [0.05, 0.1) is 0 Å². The van der Waals surface area contributed by atoms with Gasteiger partial charge in [0, 0.05) is 11.4 Å². The predicted molar refractivity (Wildman–Crippen MR) is 126 cm³/mol. The average Bonchev–Trinajstić information content (AvgIpc) is 2.83. The van der Waals surface area contributed by atoms with Crippen LogP contribution in [0.25, 0.3) is 0 Å². The molecule has 6 nitrogen and oxygen atoms in total. The van der Waals surface area contributed by atoms with E-state index in [0.717, 1.165) is 0 Å². The highest BCUT2D eigenvalue weighted by molar-refractivity contribution is 5.96. The number of para-hydroxylation sites is 2. The number of ether oxygens (including phenoxy) is 2. The van der Waals surface area contributed by atoms with Gasteiger partial charge in [-0.05, 0) is 61.4 Å². The molecule has 0 unspecified atom stereocenters. The van der Waals surface area contributed by atoms with E-state index >= 15 is 0 Å². The molecule has 0 radical (unpaired) electrons. The predicted octanol–water partition coefficient (Wildman–Crippen LogP) is 5.28. The molecular weight excluding hydrogens is 404 g/mol. The van der Waals surface area contributed by atoms with Crippen molar-refractivity contribution in [1.82, 2.24) is 0 Å². The second-order valence-corrected chi connectivity index (χ2v) is 7.21. The Morgan fingerprint density at radius 1 is 0.625 bits per heavy atom. The smallest absolute Gasteiger partial charge is 0.265 e. The number of anilines is 2. The van der Waals surface area contributed by atoms with Crippen molar-refractivity contribution in [3.63, 3.8) is 0 Å². The molecular formula is C26H28N2O4. The van der Waals surface area contributed by atoms with Crippen molar-refractivity contribution in [2.75, 3.05) is 10.6 Å². The van der Waals surface area contributed by atoms with Gasteiger partial charge < -0.3 is 20.1 Å². The summed E-state index contributed by atoms with van der Waals surface area (Å²) >= 11 is 0. The molecule has 0 spiro atoms. The first-order valence-electron chi connectivity index (χ1n) is 10.7. The first-order chi connectivity index (χ1) is 15.6. The SMILES string of the molecule is CC[C@H](Oc1ccccc1)C(=O)Nc1ccc(NC(=O)[C@H](CC)Oc2ccccc2)cc1. The fraction of sp³-hybridized carbons (Fsp3) is 0.231. The minimum absolute atomic E-state index is 0.226. The number of nitrogens with one attached hydrogen (secondary N) is 2. The summed E-state index contributed by atoms with van der Waals surface area (Å²) in [5.41, 5.74) is 1.24. The number of hydrogen-bond acceptors (Lipinski definition) is 4. The van der Waals surface area contributed by atoms with E-state index < -0.39 is 12.2 Å². The summed E-state index contributed by atoms with van der Waals surface area (Å²) in [5.74, 6) is 0.845. The van der Waals surface area contributed by atoms with Crippen LogP contribution in [0, 0.1) is 0 Å². The van der Waals surface area contributed by atoms with Gasteiger partial charge in [-0.15, -0.1) is 0 Å². The van der Waals surface area contributed by atoms with Crippen LogP contribution in [0.2, 0.25) is 0 Å². The summed E-state index contributed by atoms with van der Waals surface area (Å²) in [6, 6.07) is 25.5. The number of carbonyl (C=O) groups is 2. The van der Waals surface area contributed by atoms with Crippen LogP contribution < -0.4 is 20.1 Å². The fourth-order valence-corrected chi connectivity index (χ4v) is 3.05. The first-order valence-corrected chi connectivity index (χ1v) is 10.7. The Kier molecular flexibility index (Phi) is 8.26. The Labute approximate surface area is 188 Å². The third kappa shape index (κ3) is 6.60.